The summed E-state index contributed by atoms with van der Waals surface area (Å²) in [4.78, 5) is 36.2. The van der Waals surface area contributed by atoms with E-state index >= 15 is 0 Å². The summed E-state index contributed by atoms with van der Waals surface area (Å²) in [6.45, 7) is 4.90. The Bertz CT molecular complexity index is 1170. The second kappa shape index (κ2) is 11.4. The van der Waals surface area contributed by atoms with Crippen LogP contribution in [0, 0.1) is 0 Å². The summed E-state index contributed by atoms with van der Waals surface area (Å²) in [6, 6.07) is 13.2. The summed E-state index contributed by atoms with van der Waals surface area (Å²) in [7, 11) is 0. The Labute approximate surface area is 213 Å². The largest absolute Gasteiger partial charge is 0.368 e. The van der Waals surface area contributed by atoms with Crippen LogP contribution < -0.4 is 15.8 Å². The van der Waals surface area contributed by atoms with Gasteiger partial charge >= 0.3 is 0 Å². The summed E-state index contributed by atoms with van der Waals surface area (Å²) in [6.07, 6.45) is 4.25. The number of hydrogen-bond donors (Lipinski definition) is 2. The lowest BCUT2D eigenvalue weighted by molar-refractivity contribution is -0.129. The van der Waals surface area contributed by atoms with Crippen LogP contribution in [0.4, 0.5) is 11.4 Å². The molecule has 11 heteroatoms. The number of halogens is 2. The van der Waals surface area contributed by atoms with Gasteiger partial charge in [0.25, 0.3) is 5.91 Å². The number of hydrazine groups is 2. The Balaban J connectivity index is 1.46. The van der Waals surface area contributed by atoms with E-state index in [1.54, 1.807) is 24.2 Å². The maximum atomic E-state index is 12.7. The highest BCUT2D eigenvalue weighted by atomic mass is 35.5. The summed E-state index contributed by atoms with van der Waals surface area (Å²) in [5.74, 6) is -0.256. The van der Waals surface area contributed by atoms with Crippen molar-refractivity contribution in [2.45, 2.75) is 13.5 Å². The van der Waals surface area contributed by atoms with Crippen LogP contribution in [0.25, 0.3) is 0 Å². The van der Waals surface area contributed by atoms with E-state index in [2.05, 4.69) is 25.7 Å². The molecule has 2 heterocycles. The van der Waals surface area contributed by atoms with Gasteiger partial charge in [-0.3, -0.25) is 15.0 Å². The second-order valence-electron chi connectivity index (χ2n) is 8.05. The minimum atomic E-state index is -0.363. The van der Waals surface area contributed by atoms with Crippen molar-refractivity contribution in [3.05, 3.63) is 82.4 Å². The van der Waals surface area contributed by atoms with Crippen molar-refractivity contribution in [1.82, 2.24) is 25.4 Å². The van der Waals surface area contributed by atoms with Crippen molar-refractivity contribution in [1.29, 1.82) is 0 Å². The fourth-order valence-electron chi connectivity index (χ4n) is 3.71. The Hall–Kier alpha value is -3.40. The van der Waals surface area contributed by atoms with Gasteiger partial charge in [0.1, 0.15) is 6.33 Å². The number of rotatable bonds is 7. The smallest absolute Gasteiger partial charge is 0.270 e. The van der Waals surface area contributed by atoms with Crippen LogP contribution in [0.2, 0.25) is 10.0 Å². The molecule has 0 saturated carbocycles. The zero-order chi connectivity index (χ0) is 24.8. The van der Waals surface area contributed by atoms with Gasteiger partial charge in [-0.1, -0.05) is 29.3 Å². The van der Waals surface area contributed by atoms with Crippen LogP contribution in [0.3, 0.4) is 0 Å². The molecule has 3 aromatic rings. The molecule has 1 fully saturated rings. The number of hydrogen-bond acceptors (Lipinski definition) is 7. The fraction of sp³-hybridized carbons (Fsp3) is 0.250. The minimum absolute atomic E-state index is 0.107. The lowest BCUT2D eigenvalue weighted by atomic mass is 10.2. The molecule has 9 nitrogen and oxygen atoms in total. The molecule has 0 radical (unpaired) electrons. The second-order valence-corrected chi connectivity index (χ2v) is 8.87. The van der Waals surface area contributed by atoms with Crippen molar-refractivity contribution < 1.29 is 9.59 Å². The zero-order valence-electron chi connectivity index (χ0n) is 19.1. The van der Waals surface area contributed by atoms with Gasteiger partial charge in [-0.15, -0.1) is 5.12 Å². The van der Waals surface area contributed by atoms with Gasteiger partial charge in [-0.25, -0.2) is 9.97 Å². The van der Waals surface area contributed by atoms with Crippen molar-refractivity contribution in [2.24, 2.45) is 0 Å². The summed E-state index contributed by atoms with van der Waals surface area (Å²) < 4.78 is 0. The number of aromatic nitrogens is 2. The van der Waals surface area contributed by atoms with Crippen LogP contribution in [0.1, 0.15) is 22.8 Å². The predicted molar refractivity (Wildman–Crippen MR) is 136 cm³/mol. The third-order valence-electron chi connectivity index (χ3n) is 5.61. The van der Waals surface area contributed by atoms with Crippen LogP contribution in [0.15, 0.2) is 61.2 Å². The predicted octanol–water partition coefficient (Wildman–Crippen LogP) is 3.63. The van der Waals surface area contributed by atoms with Gasteiger partial charge in [0, 0.05) is 51.2 Å². The third kappa shape index (κ3) is 6.60. The Morgan fingerprint density at radius 2 is 1.66 bits per heavy atom. The molecule has 1 aliphatic heterocycles. The van der Waals surface area contributed by atoms with Gasteiger partial charge < -0.3 is 15.2 Å². The van der Waals surface area contributed by atoms with E-state index in [1.807, 2.05) is 35.2 Å². The first-order chi connectivity index (χ1) is 16.9. The van der Waals surface area contributed by atoms with E-state index in [1.165, 1.54) is 18.7 Å². The Morgan fingerprint density at radius 1 is 0.971 bits per heavy atom. The fourth-order valence-corrected chi connectivity index (χ4v) is 4.03. The molecule has 1 aromatic heterocycles. The van der Waals surface area contributed by atoms with Crippen LogP contribution >= 0.6 is 23.2 Å². The number of amides is 2. The monoisotopic (exact) mass is 513 g/mol. The normalized spacial score (nSPS) is 13.6. The molecular formula is C24H25Cl2N7O2. The van der Waals surface area contributed by atoms with E-state index in [4.69, 9.17) is 23.2 Å². The van der Waals surface area contributed by atoms with Gasteiger partial charge in [-0.2, -0.15) is 0 Å². The number of piperazine rings is 1. The van der Waals surface area contributed by atoms with Crippen molar-refractivity contribution >= 4 is 46.4 Å². The first-order valence-corrected chi connectivity index (χ1v) is 11.8. The first-order valence-electron chi connectivity index (χ1n) is 11.0. The van der Waals surface area contributed by atoms with Crippen molar-refractivity contribution in [3.63, 3.8) is 0 Å². The number of benzene rings is 2. The molecule has 1 aliphatic rings. The lowest BCUT2D eigenvalue weighted by Gasteiger charge is -2.35. The van der Waals surface area contributed by atoms with E-state index in [0.29, 0.717) is 35.2 Å². The Morgan fingerprint density at radius 3 is 2.29 bits per heavy atom. The van der Waals surface area contributed by atoms with Gasteiger partial charge in [0.05, 0.1) is 27.8 Å². The molecule has 35 heavy (non-hydrogen) atoms. The molecule has 182 valence electrons. The lowest BCUT2D eigenvalue weighted by Crippen LogP contribution is -2.48. The quantitative estimate of drug-likeness (QED) is 0.466. The molecule has 2 aromatic carbocycles. The topological polar surface area (TPSA) is 93.7 Å². The highest BCUT2D eigenvalue weighted by molar-refractivity contribution is 6.42. The molecule has 1 saturated heterocycles. The van der Waals surface area contributed by atoms with Crippen molar-refractivity contribution in [3.8, 4) is 0 Å². The molecule has 0 atom stereocenters. The van der Waals surface area contributed by atoms with Crippen LogP contribution in [0.5, 0.6) is 0 Å². The average Bonchev–Trinajstić information content (AvgIpc) is 2.87. The molecule has 0 spiro atoms. The summed E-state index contributed by atoms with van der Waals surface area (Å²) >= 11 is 12.2. The van der Waals surface area contributed by atoms with E-state index in [0.717, 1.165) is 30.0 Å². The van der Waals surface area contributed by atoms with E-state index < -0.39 is 0 Å². The van der Waals surface area contributed by atoms with Gasteiger partial charge in [0.15, 0.2) is 0 Å². The zero-order valence-corrected chi connectivity index (χ0v) is 20.6. The van der Waals surface area contributed by atoms with Crippen molar-refractivity contribution in [2.75, 3.05) is 36.5 Å². The molecule has 0 unspecified atom stereocenters. The highest BCUT2D eigenvalue weighted by Crippen LogP contribution is 2.24. The number of carbonyl (C=O) groups excluding carboxylic acids is 2. The molecular weight excluding hydrogens is 489 g/mol. The number of carbonyl (C=O) groups is 2. The summed E-state index contributed by atoms with van der Waals surface area (Å²) in [5, 5.41) is 2.46. The number of nitrogens with zero attached hydrogens (tertiary/aromatic N) is 5. The van der Waals surface area contributed by atoms with Gasteiger partial charge in [0.2, 0.25) is 5.91 Å². The minimum Gasteiger partial charge on any atom is -0.368 e. The standard InChI is InChI=1S/C24H25Cl2N7O2/c1-17(34)31-8-10-32(11-9-31)21-5-3-20(4-6-21)29-33(15-18-2-7-22(25)23(26)12-18)30-24(35)19-13-27-16-28-14-19/h2-7,12-14,16,29H,8-11,15H2,1H3,(H,30,35). The highest BCUT2D eigenvalue weighted by Gasteiger charge is 2.19. The molecule has 2 N–H and O–H groups in total. The first kappa shape index (κ1) is 24.7. The van der Waals surface area contributed by atoms with Crippen LogP contribution in [-0.2, 0) is 11.3 Å². The summed E-state index contributed by atoms with van der Waals surface area (Å²) in [5.41, 5.74) is 9.08. The number of anilines is 2. The SMILES string of the molecule is CC(=O)N1CCN(c2ccc(NN(Cc3ccc(Cl)c(Cl)c3)NC(=O)c3cncnc3)cc2)CC1. The van der Waals surface area contributed by atoms with E-state index in [9.17, 15) is 9.59 Å². The Kier molecular flexibility index (Phi) is 8.02. The maximum absolute atomic E-state index is 12.7. The molecule has 2 amide bonds. The van der Waals surface area contributed by atoms with E-state index in [-0.39, 0.29) is 11.8 Å². The van der Waals surface area contributed by atoms with Gasteiger partial charge in [-0.05, 0) is 42.0 Å². The number of nitrogens with one attached hydrogen (secondary N) is 2. The molecule has 4 rings (SSSR count). The average molecular weight is 514 g/mol. The molecule has 0 aliphatic carbocycles. The van der Waals surface area contributed by atoms with Crippen LogP contribution in [-0.4, -0.2) is 58.0 Å². The molecule has 0 bridgehead atoms. The maximum Gasteiger partial charge on any atom is 0.270 e. The third-order valence-corrected chi connectivity index (χ3v) is 6.34.